The van der Waals surface area contributed by atoms with Gasteiger partial charge in [0.25, 0.3) is 0 Å². The average Bonchev–Trinajstić information content (AvgIpc) is 2.44. The summed E-state index contributed by atoms with van der Waals surface area (Å²) in [5.74, 6) is -0.738. The van der Waals surface area contributed by atoms with E-state index in [2.05, 4.69) is 5.32 Å². The molecule has 120 valence electrons. The van der Waals surface area contributed by atoms with Crippen molar-refractivity contribution >= 4 is 29.3 Å². The highest BCUT2D eigenvalue weighted by atomic mass is 35.5. The maximum atomic E-state index is 11.9. The molecule has 0 bridgehead atoms. The minimum absolute atomic E-state index is 0.0840. The fraction of sp³-hybridized carbons (Fsp3) is 0.438. The van der Waals surface area contributed by atoms with Crippen molar-refractivity contribution in [2.24, 2.45) is 0 Å². The molecule has 0 atom stereocenters. The first-order valence-electron chi connectivity index (χ1n) is 7.13. The Bertz CT molecular complexity index is 525. The number of carbonyl (C=O) groups excluding carboxylic acids is 3. The molecule has 0 spiro atoms. The maximum absolute atomic E-state index is 11.9. The van der Waals surface area contributed by atoms with Gasteiger partial charge in [-0.2, -0.15) is 0 Å². The van der Waals surface area contributed by atoms with E-state index in [9.17, 15) is 14.4 Å². The van der Waals surface area contributed by atoms with Crippen LogP contribution in [0.5, 0.6) is 0 Å². The van der Waals surface area contributed by atoms with Crippen molar-refractivity contribution in [3.8, 4) is 0 Å². The maximum Gasteiger partial charge on any atom is 0.307 e. The molecule has 0 aliphatic carbocycles. The second-order valence-corrected chi connectivity index (χ2v) is 5.51. The number of esters is 1. The van der Waals surface area contributed by atoms with Crippen molar-refractivity contribution in [1.29, 1.82) is 0 Å². The molecule has 1 amide bonds. The Balaban J connectivity index is 2.24. The molecule has 1 rings (SSSR count). The molecule has 1 N–H and O–H groups in total. The lowest BCUT2D eigenvalue weighted by molar-refractivity contribution is -0.147. The van der Waals surface area contributed by atoms with Crippen LogP contribution in [0.15, 0.2) is 24.3 Å². The Morgan fingerprint density at radius 1 is 1.09 bits per heavy atom. The summed E-state index contributed by atoms with van der Waals surface area (Å²) in [5, 5.41) is 3.15. The number of ether oxygens (including phenoxy) is 1. The van der Waals surface area contributed by atoms with Crippen LogP contribution in [0, 0.1) is 0 Å². The number of carbonyl (C=O) groups is 3. The van der Waals surface area contributed by atoms with E-state index in [4.69, 9.17) is 16.3 Å². The van der Waals surface area contributed by atoms with Crippen molar-refractivity contribution in [1.82, 2.24) is 5.32 Å². The number of nitrogens with one attached hydrogen (secondary N) is 1. The molecular formula is C16H20ClNO4. The number of hydrogen-bond donors (Lipinski definition) is 1. The van der Waals surface area contributed by atoms with Gasteiger partial charge in [0.1, 0.15) is 0 Å². The van der Waals surface area contributed by atoms with Crippen LogP contribution in [0.1, 0.15) is 43.5 Å². The lowest BCUT2D eigenvalue weighted by Gasteiger charge is -2.08. The van der Waals surface area contributed by atoms with E-state index in [1.165, 1.54) is 0 Å². The van der Waals surface area contributed by atoms with E-state index in [0.29, 0.717) is 10.6 Å². The lowest BCUT2D eigenvalue weighted by atomic mass is 10.1. The average molecular weight is 326 g/mol. The third-order valence-electron chi connectivity index (χ3n) is 2.76. The highest BCUT2D eigenvalue weighted by molar-refractivity contribution is 6.30. The normalized spacial score (nSPS) is 10.4. The van der Waals surface area contributed by atoms with E-state index < -0.39 is 0 Å². The minimum Gasteiger partial charge on any atom is -0.463 e. The number of rotatable bonds is 8. The molecule has 0 aliphatic heterocycles. The van der Waals surface area contributed by atoms with Crippen LogP contribution in [0.3, 0.4) is 0 Å². The van der Waals surface area contributed by atoms with Gasteiger partial charge < -0.3 is 10.1 Å². The van der Waals surface area contributed by atoms with Gasteiger partial charge in [-0.25, -0.2) is 0 Å². The number of halogens is 1. The van der Waals surface area contributed by atoms with E-state index in [1.807, 2.05) is 0 Å². The van der Waals surface area contributed by atoms with E-state index >= 15 is 0 Å². The molecule has 6 heteroatoms. The zero-order chi connectivity index (χ0) is 16.5. The number of benzene rings is 1. The Labute approximate surface area is 135 Å². The van der Waals surface area contributed by atoms with Crippen LogP contribution < -0.4 is 5.32 Å². The molecule has 0 saturated heterocycles. The number of Topliss-reactive ketones (excluding diaryl/α,β-unsaturated/α-hetero) is 1. The van der Waals surface area contributed by atoms with Gasteiger partial charge in [-0.1, -0.05) is 11.6 Å². The monoisotopic (exact) mass is 325 g/mol. The number of hydrogen-bond acceptors (Lipinski definition) is 4. The Morgan fingerprint density at radius 3 is 2.32 bits per heavy atom. The first-order valence-corrected chi connectivity index (χ1v) is 7.51. The Kier molecular flexibility index (Phi) is 7.60. The molecule has 0 radical (unpaired) electrons. The summed E-state index contributed by atoms with van der Waals surface area (Å²) in [6, 6.07) is 6.53. The van der Waals surface area contributed by atoms with Gasteiger partial charge in [-0.15, -0.1) is 0 Å². The smallest absolute Gasteiger partial charge is 0.307 e. The van der Waals surface area contributed by atoms with Crippen LogP contribution >= 0.6 is 11.6 Å². The summed E-state index contributed by atoms with van der Waals surface area (Å²) in [6.45, 7) is 3.73. The predicted octanol–water partition coefficient (Wildman–Crippen LogP) is 2.76. The van der Waals surface area contributed by atoms with Gasteiger partial charge in [0, 0.05) is 30.0 Å². The summed E-state index contributed by atoms with van der Waals surface area (Å²) in [5.41, 5.74) is 0.526. The lowest BCUT2D eigenvalue weighted by Crippen LogP contribution is -2.27. The van der Waals surface area contributed by atoms with Gasteiger partial charge in [0.2, 0.25) is 5.91 Å². The molecule has 0 heterocycles. The fourth-order valence-electron chi connectivity index (χ4n) is 1.72. The van der Waals surface area contributed by atoms with E-state index in [-0.39, 0.29) is 49.6 Å². The van der Waals surface area contributed by atoms with Crippen LogP contribution in [-0.4, -0.2) is 30.3 Å². The van der Waals surface area contributed by atoms with Crippen molar-refractivity contribution in [2.45, 2.75) is 39.2 Å². The second kappa shape index (κ2) is 9.20. The second-order valence-electron chi connectivity index (χ2n) is 5.07. The molecule has 22 heavy (non-hydrogen) atoms. The zero-order valence-electron chi connectivity index (χ0n) is 12.7. The molecule has 0 fully saturated rings. The van der Waals surface area contributed by atoms with Gasteiger partial charge in [0.15, 0.2) is 5.78 Å². The van der Waals surface area contributed by atoms with Crippen molar-refractivity contribution in [3.63, 3.8) is 0 Å². The fourth-order valence-corrected chi connectivity index (χ4v) is 1.85. The quantitative estimate of drug-likeness (QED) is 0.589. The highest BCUT2D eigenvalue weighted by Crippen LogP contribution is 2.11. The third kappa shape index (κ3) is 7.22. The number of amides is 1. The Hall–Kier alpha value is -1.88. The zero-order valence-corrected chi connectivity index (χ0v) is 13.5. The van der Waals surface area contributed by atoms with Gasteiger partial charge in [-0.3, -0.25) is 14.4 Å². The summed E-state index contributed by atoms with van der Waals surface area (Å²) < 4.78 is 4.94. The number of ketones is 1. The van der Waals surface area contributed by atoms with Crippen LogP contribution in [-0.2, 0) is 14.3 Å². The van der Waals surface area contributed by atoms with Crippen molar-refractivity contribution in [3.05, 3.63) is 34.9 Å². The van der Waals surface area contributed by atoms with Crippen LogP contribution in [0.2, 0.25) is 5.02 Å². The van der Waals surface area contributed by atoms with Crippen LogP contribution in [0.4, 0.5) is 0 Å². The summed E-state index contributed by atoms with van der Waals surface area (Å²) >= 11 is 5.74. The molecule has 0 aromatic heterocycles. The topological polar surface area (TPSA) is 72.5 Å². The van der Waals surface area contributed by atoms with Gasteiger partial charge in [-0.05, 0) is 38.1 Å². The first-order chi connectivity index (χ1) is 10.4. The molecule has 0 aliphatic rings. The summed E-state index contributed by atoms with van der Waals surface area (Å²) in [6.07, 6.45) is 0.153. The molecule has 1 aromatic carbocycles. The highest BCUT2D eigenvalue weighted by Gasteiger charge is 2.10. The first kappa shape index (κ1) is 18.2. The van der Waals surface area contributed by atoms with E-state index in [1.54, 1.807) is 38.1 Å². The molecular weight excluding hydrogens is 306 g/mol. The molecule has 1 aromatic rings. The summed E-state index contributed by atoms with van der Waals surface area (Å²) in [7, 11) is 0. The van der Waals surface area contributed by atoms with Gasteiger partial charge in [0.05, 0.1) is 12.5 Å². The van der Waals surface area contributed by atoms with Gasteiger partial charge >= 0.3 is 5.97 Å². The van der Waals surface area contributed by atoms with Crippen molar-refractivity contribution < 1.29 is 19.1 Å². The van der Waals surface area contributed by atoms with Crippen LogP contribution in [0.25, 0.3) is 0 Å². The molecule has 5 nitrogen and oxygen atoms in total. The molecule has 0 saturated carbocycles. The van der Waals surface area contributed by atoms with E-state index in [0.717, 1.165) is 0 Å². The Morgan fingerprint density at radius 2 is 1.73 bits per heavy atom. The standard InChI is InChI=1S/C16H20ClNO4/c1-11(2)22-16(21)9-10-18-15(20)8-7-14(19)12-3-5-13(17)6-4-12/h3-6,11H,7-10H2,1-2H3,(H,18,20). The minimum atomic E-state index is -0.354. The largest absolute Gasteiger partial charge is 0.463 e. The summed E-state index contributed by atoms with van der Waals surface area (Å²) in [4.78, 5) is 34.7. The third-order valence-corrected chi connectivity index (χ3v) is 3.02. The van der Waals surface area contributed by atoms with Crippen molar-refractivity contribution in [2.75, 3.05) is 6.54 Å². The predicted molar refractivity (Wildman–Crippen MR) is 83.9 cm³/mol. The molecule has 0 unspecified atom stereocenters. The SMILES string of the molecule is CC(C)OC(=O)CCNC(=O)CCC(=O)c1ccc(Cl)cc1.